The number of ether oxygens (including phenoxy) is 1. The highest BCUT2D eigenvalue weighted by atomic mass is 32.1. The highest BCUT2D eigenvalue weighted by Crippen LogP contribution is 2.41. The topological polar surface area (TPSA) is 65.8 Å². The number of anilines is 1. The van der Waals surface area contributed by atoms with Gasteiger partial charge in [0.05, 0.1) is 31.0 Å². The lowest BCUT2D eigenvalue weighted by Crippen LogP contribution is -2.36. The van der Waals surface area contributed by atoms with Crippen LogP contribution in [-0.4, -0.2) is 64.1 Å². The molecule has 2 N–H and O–H groups in total. The van der Waals surface area contributed by atoms with E-state index >= 15 is 0 Å². The minimum Gasteiger partial charge on any atom is -0.396 e. The Morgan fingerprint density at radius 1 is 1.09 bits per heavy atom. The van der Waals surface area contributed by atoms with E-state index < -0.39 is 0 Å². The van der Waals surface area contributed by atoms with Gasteiger partial charge in [-0.15, -0.1) is 0 Å². The molecule has 1 aromatic carbocycles. The van der Waals surface area contributed by atoms with Gasteiger partial charge < -0.3 is 29.5 Å². The number of benzene rings is 1. The number of aryl methyl sites for hydroxylation is 1. The fraction of sp³-hybridized carbons (Fsp3) is 0.407. The molecule has 4 heterocycles. The molecule has 8 heteroatoms. The van der Waals surface area contributed by atoms with Crippen molar-refractivity contribution in [3.05, 3.63) is 77.4 Å². The van der Waals surface area contributed by atoms with Gasteiger partial charge in [0.1, 0.15) is 0 Å². The molecule has 2 fully saturated rings. The summed E-state index contributed by atoms with van der Waals surface area (Å²) in [6.07, 6.45) is 2.49. The predicted octanol–water partition coefficient (Wildman–Crippen LogP) is 3.68. The van der Waals surface area contributed by atoms with Crippen molar-refractivity contribution in [1.82, 2.24) is 19.8 Å². The molecule has 2 aliphatic rings. The van der Waals surface area contributed by atoms with Crippen LogP contribution in [0.15, 0.2) is 54.7 Å². The average Bonchev–Trinajstić information content (AvgIpc) is 3.38. The summed E-state index contributed by atoms with van der Waals surface area (Å²) >= 11 is 5.75. The Balaban J connectivity index is 1.50. The van der Waals surface area contributed by atoms with Gasteiger partial charge in [0.2, 0.25) is 0 Å². The number of nitrogens with zero attached hydrogens (tertiary/aromatic N) is 4. The van der Waals surface area contributed by atoms with Gasteiger partial charge in [-0.05, 0) is 80.5 Å². The normalized spacial score (nSPS) is 20.4. The van der Waals surface area contributed by atoms with Crippen LogP contribution < -0.4 is 10.2 Å². The second kappa shape index (κ2) is 10.4. The van der Waals surface area contributed by atoms with Gasteiger partial charge in [0.15, 0.2) is 5.11 Å². The third-order valence-electron chi connectivity index (χ3n) is 7.03. The van der Waals surface area contributed by atoms with Crippen LogP contribution in [0.4, 0.5) is 5.69 Å². The third kappa shape index (κ3) is 4.66. The van der Waals surface area contributed by atoms with Crippen LogP contribution in [0.25, 0.3) is 5.69 Å². The maximum atomic E-state index is 9.50. The van der Waals surface area contributed by atoms with Crippen molar-refractivity contribution in [2.45, 2.75) is 32.4 Å². The summed E-state index contributed by atoms with van der Waals surface area (Å²) in [4.78, 5) is 9.22. The van der Waals surface area contributed by atoms with Crippen molar-refractivity contribution in [2.24, 2.45) is 0 Å². The highest BCUT2D eigenvalue weighted by molar-refractivity contribution is 7.80. The molecule has 35 heavy (non-hydrogen) atoms. The zero-order valence-corrected chi connectivity index (χ0v) is 21.2. The van der Waals surface area contributed by atoms with Gasteiger partial charge in [-0.3, -0.25) is 4.98 Å². The van der Waals surface area contributed by atoms with Gasteiger partial charge >= 0.3 is 0 Å². The van der Waals surface area contributed by atoms with Crippen molar-refractivity contribution in [3.63, 3.8) is 0 Å². The number of aliphatic hydroxyl groups is 1. The summed E-state index contributed by atoms with van der Waals surface area (Å²) in [6, 6.07) is 17.0. The molecule has 5 rings (SSSR count). The lowest BCUT2D eigenvalue weighted by molar-refractivity contribution is 0.122. The fourth-order valence-electron chi connectivity index (χ4n) is 5.34. The maximum Gasteiger partial charge on any atom is 0.170 e. The monoisotopic (exact) mass is 491 g/mol. The first-order chi connectivity index (χ1) is 17.1. The summed E-state index contributed by atoms with van der Waals surface area (Å²) in [5, 5.41) is 13.7. The van der Waals surface area contributed by atoms with E-state index in [1.165, 1.54) is 22.6 Å². The molecule has 7 nitrogen and oxygen atoms in total. The minimum absolute atomic E-state index is 0.00322. The van der Waals surface area contributed by atoms with Crippen LogP contribution in [0, 0.1) is 13.8 Å². The van der Waals surface area contributed by atoms with E-state index in [2.05, 4.69) is 68.8 Å². The Morgan fingerprint density at radius 2 is 1.83 bits per heavy atom. The quantitative estimate of drug-likeness (QED) is 0.489. The van der Waals surface area contributed by atoms with E-state index in [1.807, 2.05) is 24.4 Å². The summed E-state index contributed by atoms with van der Waals surface area (Å²) in [5.74, 6) is 0. The van der Waals surface area contributed by atoms with Crippen LogP contribution in [0.3, 0.4) is 0 Å². The number of morpholine rings is 1. The molecule has 0 amide bonds. The van der Waals surface area contributed by atoms with E-state index in [0.29, 0.717) is 18.1 Å². The zero-order valence-electron chi connectivity index (χ0n) is 20.4. The largest absolute Gasteiger partial charge is 0.396 e. The molecule has 0 radical (unpaired) electrons. The maximum absolute atomic E-state index is 9.50. The molecule has 3 aromatic rings. The van der Waals surface area contributed by atoms with Gasteiger partial charge in [-0.1, -0.05) is 6.07 Å². The SMILES string of the molecule is Cc1cc([C@@H]2[C@@H](c3ccccn3)NC(=S)N2CCCO)c(C)n1-c1ccc(N2CCOCC2)cc1. The van der Waals surface area contributed by atoms with Gasteiger partial charge in [0.25, 0.3) is 0 Å². The van der Waals surface area contributed by atoms with Crippen LogP contribution in [0.2, 0.25) is 0 Å². The van der Waals surface area contributed by atoms with Crippen LogP contribution >= 0.6 is 12.2 Å². The Labute approximate surface area is 212 Å². The number of thiocarbonyl (C=S) groups is 1. The van der Waals surface area contributed by atoms with Crippen LogP contribution in [-0.2, 0) is 4.74 Å². The molecule has 0 aliphatic carbocycles. The lowest BCUT2D eigenvalue weighted by atomic mass is 9.96. The highest BCUT2D eigenvalue weighted by Gasteiger charge is 2.41. The molecule has 0 bridgehead atoms. The number of aromatic nitrogens is 2. The Hall–Kier alpha value is -2.94. The first-order valence-corrected chi connectivity index (χ1v) is 12.7. The number of nitrogens with one attached hydrogen (secondary N) is 1. The number of hydrogen-bond acceptors (Lipinski definition) is 5. The summed E-state index contributed by atoms with van der Waals surface area (Å²) in [6.45, 7) is 8.57. The molecular weight excluding hydrogens is 458 g/mol. The average molecular weight is 492 g/mol. The zero-order chi connectivity index (χ0) is 24.4. The molecule has 2 aliphatic heterocycles. The molecule has 2 aromatic heterocycles. The summed E-state index contributed by atoms with van der Waals surface area (Å²) in [7, 11) is 0. The van der Waals surface area contributed by atoms with Gasteiger partial charge in [-0.2, -0.15) is 0 Å². The number of aliphatic hydroxyl groups excluding tert-OH is 1. The first-order valence-electron chi connectivity index (χ1n) is 12.3. The van der Waals surface area contributed by atoms with Crippen LogP contribution in [0.5, 0.6) is 0 Å². The Morgan fingerprint density at radius 3 is 2.51 bits per heavy atom. The second-order valence-corrected chi connectivity index (χ2v) is 9.56. The molecule has 2 saturated heterocycles. The number of pyridine rings is 1. The Bertz CT molecular complexity index is 1160. The minimum atomic E-state index is -0.0555. The van der Waals surface area contributed by atoms with E-state index in [1.54, 1.807) is 0 Å². The van der Waals surface area contributed by atoms with Crippen molar-refractivity contribution in [1.29, 1.82) is 0 Å². The van der Waals surface area contributed by atoms with Crippen molar-refractivity contribution < 1.29 is 9.84 Å². The van der Waals surface area contributed by atoms with Crippen LogP contribution in [0.1, 0.15) is 41.1 Å². The second-order valence-electron chi connectivity index (χ2n) is 9.17. The molecular formula is C27H33N5O2S. The number of hydrogen-bond donors (Lipinski definition) is 2. The molecule has 0 saturated carbocycles. The summed E-state index contributed by atoms with van der Waals surface area (Å²) < 4.78 is 7.82. The third-order valence-corrected chi connectivity index (χ3v) is 7.38. The first kappa shape index (κ1) is 23.8. The van der Waals surface area contributed by atoms with E-state index in [9.17, 15) is 5.11 Å². The lowest BCUT2D eigenvalue weighted by Gasteiger charge is -2.29. The summed E-state index contributed by atoms with van der Waals surface area (Å²) in [5.41, 5.74) is 6.93. The van der Waals surface area contributed by atoms with E-state index in [4.69, 9.17) is 17.0 Å². The van der Waals surface area contributed by atoms with E-state index in [0.717, 1.165) is 37.7 Å². The van der Waals surface area contributed by atoms with Gasteiger partial charge in [0, 0.05) is 55.2 Å². The van der Waals surface area contributed by atoms with Crippen molar-refractivity contribution in [2.75, 3.05) is 44.4 Å². The smallest absolute Gasteiger partial charge is 0.170 e. The fourth-order valence-corrected chi connectivity index (χ4v) is 5.68. The van der Waals surface area contributed by atoms with Crippen molar-refractivity contribution in [3.8, 4) is 5.69 Å². The van der Waals surface area contributed by atoms with Crippen molar-refractivity contribution >= 4 is 23.0 Å². The molecule has 184 valence electrons. The molecule has 0 spiro atoms. The molecule has 2 atom stereocenters. The predicted molar refractivity (Wildman–Crippen MR) is 142 cm³/mol. The standard InChI is InChI=1S/C27H33N5O2S/c1-19-18-23(20(2)32(19)22-9-7-21(8-10-22)30-13-16-34-17-14-30)26-25(24-6-3-4-11-28-24)29-27(35)31(26)12-5-15-33/h3-4,6-11,18,25-26,33H,5,12-17H2,1-2H3,(H,29,35)/t25-,26-/m1/s1. The number of rotatable bonds is 7. The van der Waals surface area contributed by atoms with Gasteiger partial charge in [-0.25, -0.2) is 0 Å². The molecule has 0 unspecified atom stereocenters. The van der Waals surface area contributed by atoms with E-state index in [-0.39, 0.29) is 18.7 Å². The Kier molecular flexibility index (Phi) is 7.04.